The summed E-state index contributed by atoms with van der Waals surface area (Å²) in [6.07, 6.45) is 3.42. The minimum Gasteiger partial charge on any atom is -0.506 e. The van der Waals surface area contributed by atoms with Gasteiger partial charge in [-0.05, 0) is 25.0 Å². The molecule has 0 aliphatic carbocycles. The fourth-order valence-electron chi connectivity index (χ4n) is 2.44. The Labute approximate surface area is 120 Å². The molecule has 0 atom stereocenters. The van der Waals surface area contributed by atoms with Gasteiger partial charge in [0.05, 0.1) is 11.9 Å². The van der Waals surface area contributed by atoms with Crippen LogP contribution in [0.15, 0.2) is 18.3 Å². The lowest BCUT2D eigenvalue weighted by molar-refractivity contribution is -0.135. The molecule has 0 bridgehead atoms. The molecule has 0 radical (unpaired) electrons. The van der Waals surface area contributed by atoms with Crippen molar-refractivity contribution in [1.82, 2.24) is 15.2 Å². The van der Waals surface area contributed by atoms with E-state index in [9.17, 15) is 9.90 Å². The van der Waals surface area contributed by atoms with Crippen molar-refractivity contribution in [3.63, 3.8) is 0 Å². The highest BCUT2D eigenvalue weighted by atomic mass is 16.3. The van der Waals surface area contributed by atoms with Crippen LogP contribution in [-0.2, 0) is 11.3 Å². The van der Waals surface area contributed by atoms with Crippen molar-refractivity contribution in [2.75, 3.05) is 13.1 Å². The largest absolute Gasteiger partial charge is 0.506 e. The zero-order valence-electron chi connectivity index (χ0n) is 12.2. The van der Waals surface area contributed by atoms with Crippen LogP contribution >= 0.6 is 0 Å². The predicted octanol–water partition coefficient (Wildman–Crippen LogP) is 1.52. The lowest BCUT2D eigenvalue weighted by atomic mass is 10.0. The second-order valence-electron chi connectivity index (χ2n) is 5.64. The number of carbonyl (C=O) groups is 1. The number of nitrogens with one attached hydrogen (secondary N) is 1. The highest BCUT2D eigenvalue weighted by Gasteiger charge is 2.23. The highest BCUT2D eigenvalue weighted by molar-refractivity contribution is 5.78. The van der Waals surface area contributed by atoms with Crippen molar-refractivity contribution in [1.29, 1.82) is 0 Å². The molecule has 2 N–H and O–H groups in total. The molecule has 0 saturated carbocycles. The number of aromatic nitrogens is 1. The van der Waals surface area contributed by atoms with E-state index in [0.717, 1.165) is 31.6 Å². The van der Waals surface area contributed by atoms with Crippen molar-refractivity contribution >= 4 is 5.91 Å². The van der Waals surface area contributed by atoms with Crippen LogP contribution in [0.25, 0.3) is 0 Å². The summed E-state index contributed by atoms with van der Waals surface area (Å²) in [6.45, 7) is 6.25. The Morgan fingerprint density at radius 1 is 1.45 bits per heavy atom. The Kier molecular flexibility index (Phi) is 4.95. The summed E-state index contributed by atoms with van der Waals surface area (Å²) in [4.78, 5) is 18.0. The third kappa shape index (κ3) is 3.93. The van der Waals surface area contributed by atoms with Gasteiger partial charge < -0.3 is 15.3 Å². The monoisotopic (exact) mass is 277 g/mol. The molecule has 5 heteroatoms. The van der Waals surface area contributed by atoms with Crippen molar-refractivity contribution in [3.05, 3.63) is 24.0 Å². The van der Waals surface area contributed by atoms with E-state index in [1.165, 1.54) is 6.20 Å². The molecule has 1 aliphatic rings. The van der Waals surface area contributed by atoms with E-state index in [0.29, 0.717) is 12.6 Å². The lowest BCUT2D eigenvalue weighted by Gasteiger charge is -2.33. The average molecular weight is 277 g/mol. The first-order valence-electron chi connectivity index (χ1n) is 7.22. The topological polar surface area (TPSA) is 65.5 Å². The number of hydrogen-bond acceptors (Lipinski definition) is 4. The first-order valence-corrected chi connectivity index (χ1v) is 7.22. The second kappa shape index (κ2) is 6.70. The van der Waals surface area contributed by atoms with Crippen LogP contribution < -0.4 is 5.32 Å². The van der Waals surface area contributed by atoms with E-state index >= 15 is 0 Å². The van der Waals surface area contributed by atoms with Crippen molar-refractivity contribution in [3.8, 4) is 5.75 Å². The first-order chi connectivity index (χ1) is 9.56. The molecule has 1 aliphatic heterocycles. The maximum Gasteiger partial charge on any atom is 0.225 e. The molecule has 5 nitrogen and oxygen atoms in total. The minimum absolute atomic E-state index is 0.0840. The number of pyridine rings is 1. The van der Waals surface area contributed by atoms with Crippen molar-refractivity contribution in [2.24, 2.45) is 5.92 Å². The van der Waals surface area contributed by atoms with Crippen LogP contribution in [0.3, 0.4) is 0 Å². The van der Waals surface area contributed by atoms with E-state index in [1.807, 2.05) is 24.8 Å². The molecule has 1 amide bonds. The molecule has 0 unspecified atom stereocenters. The van der Waals surface area contributed by atoms with Gasteiger partial charge in [0.25, 0.3) is 0 Å². The van der Waals surface area contributed by atoms with Gasteiger partial charge >= 0.3 is 0 Å². The van der Waals surface area contributed by atoms with Crippen LogP contribution in [-0.4, -0.2) is 40.0 Å². The first kappa shape index (κ1) is 14.8. The van der Waals surface area contributed by atoms with Gasteiger partial charge in [-0.3, -0.25) is 9.78 Å². The van der Waals surface area contributed by atoms with Crippen molar-refractivity contribution < 1.29 is 9.90 Å². The number of amides is 1. The van der Waals surface area contributed by atoms with Gasteiger partial charge in [-0.2, -0.15) is 0 Å². The van der Waals surface area contributed by atoms with Gasteiger partial charge in [0.2, 0.25) is 5.91 Å². The Bertz CT molecular complexity index is 437. The summed E-state index contributed by atoms with van der Waals surface area (Å²) in [6, 6.07) is 3.90. The minimum atomic E-state index is 0.0840. The molecule has 1 saturated heterocycles. The quantitative estimate of drug-likeness (QED) is 0.876. The maximum absolute atomic E-state index is 11.9. The van der Waals surface area contributed by atoms with Gasteiger partial charge in [0, 0.05) is 31.6 Å². The Hall–Kier alpha value is -1.62. The Balaban J connectivity index is 1.74. The van der Waals surface area contributed by atoms with E-state index in [-0.39, 0.29) is 17.6 Å². The molecule has 1 fully saturated rings. The average Bonchev–Trinajstić information content (AvgIpc) is 2.46. The number of rotatable bonds is 4. The summed E-state index contributed by atoms with van der Waals surface area (Å²) in [5.74, 6) is 0.526. The summed E-state index contributed by atoms with van der Waals surface area (Å²) in [5.41, 5.74) is 0.920. The predicted molar refractivity (Wildman–Crippen MR) is 77.2 cm³/mol. The van der Waals surface area contributed by atoms with E-state index in [2.05, 4.69) is 10.3 Å². The molecule has 1 aromatic rings. The van der Waals surface area contributed by atoms with Crippen LogP contribution in [0.2, 0.25) is 0 Å². The summed E-state index contributed by atoms with van der Waals surface area (Å²) >= 11 is 0. The SMILES string of the molecule is CC(C)C(=O)N1CCC(NCc2ccc(O)cn2)CC1. The van der Waals surface area contributed by atoms with Crippen LogP contribution in [0, 0.1) is 5.92 Å². The lowest BCUT2D eigenvalue weighted by Crippen LogP contribution is -2.46. The number of nitrogens with zero attached hydrogens (tertiary/aromatic N) is 2. The third-order valence-electron chi connectivity index (χ3n) is 3.68. The second-order valence-corrected chi connectivity index (χ2v) is 5.64. The fourth-order valence-corrected chi connectivity index (χ4v) is 2.44. The van der Waals surface area contributed by atoms with Crippen molar-refractivity contribution in [2.45, 2.75) is 39.3 Å². The number of hydrogen-bond donors (Lipinski definition) is 2. The molecule has 2 rings (SSSR count). The zero-order chi connectivity index (χ0) is 14.5. The highest BCUT2D eigenvalue weighted by Crippen LogP contribution is 2.14. The number of aromatic hydroxyl groups is 1. The summed E-state index contributed by atoms with van der Waals surface area (Å²) in [5, 5.41) is 12.6. The summed E-state index contributed by atoms with van der Waals surface area (Å²) < 4.78 is 0. The Morgan fingerprint density at radius 2 is 2.15 bits per heavy atom. The van der Waals surface area contributed by atoms with Gasteiger partial charge in [-0.1, -0.05) is 13.8 Å². The molecule has 110 valence electrons. The fraction of sp³-hybridized carbons (Fsp3) is 0.600. The number of likely N-dealkylation sites (tertiary alicyclic amines) is 1. The molecule has 0 spiro atoms. The van der Waals surface area contributed by atoms with Crippen LogP contribution in [0.5, 0.6) is 5.75 Å². The molecular weight excluding hydrogens is 254 g/mol. The van der Waals surface area contributed by atoms with Crippen LogP contribution in [0.4, 0.5) is 0 Å². The van der Waals surface area contributed by atoms with E-state index < -0.39 is 0 Å². The molecular formula is C15H23N3O2. The van der Waals surface area contributed by atoms with E-state index in [4.69, 9.17) is 0 Å². The van der Waals surface area contributed by atoms with E-state index in [1.54, 1.807) is 6.07 Å². The maximum atomic E-state index is 11.9. The smallest absolute Gasteiger partial charge is 0.225 e. The standard InChI is InChI=1S/C15H23N3O2/c1-11(2)15(20)18-7-5-12(6-8-18)16-9-13-3-4-14(19)10-17-13/h3-4,10-12,16,19H,5-9H2,1-2H3. The molecule has 2 heterocycles. The zero-order valence-corrected chi connectivity index (χ0v) is 12.2. The summed E-state index contributed by atoms with van der Waals surface area (Å²) in [7, 11) is 0. The number of piperidine rings is 1. The molecule has 20 heavy (non-hydrogen) atoms. The normalized spacial score (nSPS) is 16.6. The van der Waals surface area contributed by atoms with Gasteiger partial charge in [0.15, 0.2) is 0 Å². The molecule has 0 aromatic carbocycles. The van der Waals surface area contributed by atoms with Crippen LogP contribution in [0.1, 0.15) is 32.4 Å². The van der Waals surface area contributed by atoms with Gasteiger partial charge in [-0.15, -0.1) is 0 Å². The number of carbonyl (C=O) groups excluding carboxylic acids is 1. The Morgan fingerprint density at radius 3 is 2.70 bits per heavy atom. The van der Waals surface area contributed by atoms with Gasteiger partial charge in [0.1, 0.15) is 5.75 Å². The molecule has 1 aromatic heterocycles. The third-order valence-corrected chi connectivity index (χ3v) is 3.68. The van der Waals surface area contributed by atoms with Gasteiger partial charge in [-0.25, -0.2) is 0 Å².